The Hall–Kier alpha value is -2.10. The van der Waals surface area contributed by atoms with E-state index in [1.807, 2.05) is 37.8 Å². The molecule has 0 atom stereocenters. The van der Waals surface area contributed by atoms with Gasteiger partial charge in [0.15, 0.2) is 0 Å². The molecule has 3 heterocycles. The lowest BCUT2D eigenvalue weighted by atomic mass is 10.3. The molecule has 0 bridgehead atoms. The summed E-state index contributed by atoms with van der Waals surface area (Å²) in [6, 6.07) is 6.10. The van der Waals surface area contributed by atoms with Crippen molar-refractivity contribution in [3.8, 4) is 11.3 Å². The molecular weight excluding hydrogens is 200 g/mol. The second-order valence-corrected chi connectivity index (χ2v) is 3.92. The molecule has 3 aromatic heterocycles. The Morgan fingerprint density at radius 2 is 2.06 bits per heavy atom. The molecule has 0 radical (unpaired) electrons. The second-order valence-electron chi connectivity index (χ2n) is 3.92. The van der Waals surface area contributed by atoms with Gasteiger partial charge in [-0.3, -0.25) is 4.68 Å². The van der Waals surface area contributed by atoms with Crippen LogP contribution in [0.1, 0.15) is 5.69 Å². The molecular formula is C12H12N4. The molecule has 3 aromatic rings. The highest BCUT2D eigenvalue weighted by atomic mass is 15.2. The average Bonchev–Trinajstić information content (AvgIpc) is 2.84. The van der Waals surface area contributed by atoms with Crippen molar-refractivity contribution in [3.63, 3.8) is 0 Å². The monoisotopic (exact) mass is 212 g/mol. The minimum absolute atomic E-state index is 0.961. The Morgan fingerprint density at radius 1 is 1.19 bits per heavy atom. The third kappa shape index (κ3) is 1.31. The molecule has 0 unspecified atom stereocenters. The van der Waals surface area contributed by atoms with Gasteiger partial charge in [0.1, 0.15) is 5.65 Å². The summed E-state index contributed by atoms with van der Waals surface area (Å²) in [7, 11) is 1.91. The fourth-order valence-corrected chi connectivity index (χ4v) is 1.84. The van der Waals surface area contributed by atoms with Crippen LogP contribution in [0, 0.1) is 6.92 Å². The zero-order chi connectivity index (χ0) is 11.1. The molecule has 0 saturated heterocycles. The van der Waals surface area contributed by atoms with Gasteiger partial charge in [0.25, 0.3) is 0 Å². The molecule has 0 aromatic carbocycles. The number of pyridine rings is 1. The molecule has 0 aliphatic heterocycles. The van der Waals surface area contributed by atoms with Crippen LogP contribution >= 0.6 is 0 Å². The van der Waals surface area contributed by atoms with Crippen molar-refractivity contribution in [2.24, 2.45) is 7.05 Å². The lowest BCUT2D eigenvalue weighted by Gasteiger charge is -1.95. The van der Waals surface area contributed by atoms with Crippen molar-refractivity contribution < 1.29 is 0 Å². The van der Waals surface area contributed by atoms with E-state index in [0.29, 0.717) is 0 Å². The van der Waals surface area contributed by atoms with E-state index >= 15 is 0 Å². The molecule has 0 aliphatic rings. The highest BCUT2D eigenvalue weighted by molar-refractivity contribution is 5.61. The van der Waals surface area contributed by atoms with E-state index in [2.05, 4.69) is 27.5 Å². The third-order valence-electron chi connectivity index (χ3n) is 2.70. The van der Waals surface area contributed by atoms with Crippen molar-refractivity contribution >= 4 is 5.65 Å². The molecule has 0 aliphatic carbocycles. The van der Waals surface area contributed by atoms with E-state index in [4.69, 9.17) is 0 Å². The third-order valence-corrected chi connectivity index (χ3v) is 2.70. The summed E-state index contributed by atoms with van der Waals surface area (Å²) in [6.07, 6.45) is 5.84. The molecule has 0 spiro atoms. The maximum atomic E-state index is 4.57. The minimum Gasteiger partial charge on any atom is -0.304 e. The van der Waals surface area contributed by atoms with Crippen LogP contribution in [0.2, 0.25) is 0 Å². The van der Waals surface area contributed by atoms with Crippen molar-refractivity contribution in [1.82, 2.24) is 19.2 Å². The fourth-order valence-electron chi connectivity index (χ4n) is 1.84. The second kappa shape index (κ2) is 3.20. The number of aryl methyl sites for hydroxylation is 2. The van der Waals surface area contributed by atoms with Crippen molar-refractivity contribution in [1.29, 1.82) is 0 Å². The number of hydrogen-bond donors (Lipinski definition) is 0. The lowest BCUT2D eigenvalue weighted by Crippen LogP contribution is -1.86. The molecule has 0 fully saturated rings. The summed E-state index contributed by atoms with van der Waals surface area (Å²) in [4.78, 5) is 4.57. The van der Waals surface area contributed by atoms with Gasteiger partial charge in [-0.25, -0.2) is 4.98 Å². The Kier molecular flexibility index (Phi) is 1.83. The standard InChI is InChI=1S/C12H12N4/c1-9-4-3-5-12-14-11(8-16(9)12)10-6-13-15(2)7-10/h3-8H,1-2H3. The number of aromatic nitrogens is 4. The van der Waals surface area contributed by atoms with Crippen LogP contribution in [0.4, 0.5) is 0 Å². The predicted octanol–water partition coefficient (Wildman–Crippen LogP) is 2.04. The molecule has 4 heteroatoms. The van der Waals surface area contributed by atoms with E-state index in [1.54, 1.807) is 4.68 Å². The van der Waals surface area contributed by atoms with E-state index in [9.17, 15) is 0 Å². The topological polar surface area (TPSA) is 35.1 Å². The van der Waals surface area contributed by atoms with Gasteiger partial charge in [0.2, 0.25) is 0 Å². The first-order chi connectivity index (χ1) is 7.74. The maximum Gasteiger partial charge on any atom is 0.137 e. The normalized spacial score (nSPS) is 11.1. The molecule has 80 valence electrons. The Bertz CT molecular complexity index is 648. The van der Waals surface area contributed by atoms with E-state index < -0.39 is 0 Å². The number of nitrogens with zero attached hydrogens (tertiary/aromatic N) is 4. The fraction of sp³-hybridized carbons (Fsp3) is 0.167. The van der Waals surface area contributed by atoms with Gasteiger partial charge in [-0.15, -0.1) is 0 Å². The van der Waals surface area contributed by atoms with Crippen LogP contribution in [0.3, 0.4) is 0 Å². The maximum absolute atomic E-state index is 4.57. The predicted molar refractivity (Wildman–Crippen MR) is 62.1 cm³/mol. The number of fused-ring (bicyclic) bond motifs is 1. The van der Waals surface area contributed by atoms with Crippen LogP contribution in [0.25, 0.3) is 16.9 Å². The lowest BCUT2D eigenvalue weighted by molar-refractivity contribution is 0.768. The van der Waals surface area contributed by atoms with Crippen LogP contribution < -0.4 is 0 Å². The highest BCUT2D eigenvalue weighted by Crippen LogP contribution is 2.18. The summed E-state index contributed by atoms with van der Waals surface area (Å²) in [5.74, 6) is 0. The van der Waals surface area contributed by atoms with Gasteiger partial charge in [0.05, 0.1) is 11.9 Å². The van der Waals surface area contributed by atoms with Gasteiger partial charge >= 0.3 is 0 Å². The number of rotatable bonds is 1. The Balaban J connectivity index is 2.22. The average molecular weight is 212 g/mol. The first-order valence-corrected chi connectivity index (χ1v) is 5.18. The summed E-state index contributed by atoms with van der Waals surface area (Å²) < 4.78 is 3.87. The molecule has 0 N–H and O–H groups in total. The molecule has 0 amide bonds. The van der Waals surface area contributed by atoms with Crippen LogP contribution in [-0.2, 0) is 7.05 Å². The zero-order valence-corrected chi connectivity index (χ0v) is 9.25. The Morgan fingerprint density at radius 3 is 2.75 bits per heavy atom. The molecule has 0 saturated carbocycles. The smallest absolute Gasteiger partial charge is 0.137 e. The molecule has 3 rings (SSSR count). The molecule has 16 heavy (non-hydrogen) atoms. The van der Waals surface area contributed by atoms with E-state index in [1.165, 1.54) is 5.69 Å². The van der Waals surface area contributed by atoms with Crippen LogP contribution in [0.5, 0.6) is 0 Å². The van der Waals surface area contributed by atoms with Crippen molar-refractivity contribution in [2.45, 2.75) is 6.92 Å². The van der Waals surface area contributed by atoms with Gasteiger partial charge in [-0.2, -0.15) is 5.10 Å². The van der Waals surface area contributed by atoms with Gasteiger partial charge in [-0.1, -0.05) is 6.07 Å². The van der Waals surface area contributed by atoms with Gasteiger partial charge in [0, 0.05) is 30.7 Å². The van der Waals surface area contributed by atoms with Crippen LogP contribution in [-0.4, -0.2) is 19.2 Å². The SMILES string of the molecule is Cc1cccc2nc(-c3cnn(C)c3)cn12. The quantitative estimate of drug-likeness (QED) is 0.618. The highest BCUT2D eigenvalue weighted by Gasteiger charge is 2.06. The minimum atomic E-state index is 0.961. The summed E-state index contributed by atoms with van der Waals surface area (Å²) in [5, 5.41) is 4.15. The van der Waals surface area contributed by atoms with Crippen molar-refractivity contribution in [2.75, 3.05) is 0 Å². The number of hydrogen-bond acceptors (Lipinski definition) is 2. The van der Waals surface area contributed by atoms with E-state index in [0.717, 1.165) is 16.9 Å². The van der Waals surface area contributed by atoms with E-state index in [-0.39, 0.29) is 0 Å². The van der Waals surface area contributed by atoms with Crippen LogP contribution in [0.15, 0.2) is 36.8 Å². The first kappa shape index (κ1) is 9.15. The summed E-state index contributed by atoms with van der Waals surface area (Å²) in [5.41, 5.74) is 4.16. The summed E-state index contributed by atoms with van der Waals surface area (Å²) >= 11 is 0. The first-order valence-electron chi connectivity index (χ1n) is 5.18. The summed E-state index contributed by atoms with van der Waals surface area (Å²) in [6.45, 7) is 2.07. The van der Waals surface area contributed by atoms with Gasteiger partial charge < -0.3 is 4.40 Å². The van der Waals surface area contributed by atoms with Crippen molar-refractivity contribution in [3.05, 3.63) is 42.5 Å². The zero-order valence-electron chi connectivity index (χ0n) is 9.25. The van der Waals surface area contributed by atoms with Gasteiger partial charge in [-0.05, 0) is 19.1 Å². The largest absolute Gasteiger partial charge is 0.304 e. The molecule has 4 nitrogen and oxygen atoms in total. The Labute approximate surface area is 93.2 Å². The number of imidazole rings is 1.